The van der Waals surface area contributed by atoms with Gasteiger partial charge in [-0.2, -0.15) is 0 Å². The van der Waals surface area contributed by atoms with Crippen LogP contribution in [0.5, 0.6) is 0 Å². The lowest BCUT2D eigenvalue weighted by molar-refractivity contribution is -0.161. The third kappa shape index (κ3) is 68.4. The molecule has 0 aromatic rings. The molecule has 0 saturated carbocycles. The van der Waals surface area contributed by atoms with Gasteiger partial charge in [0.15, 0.2) is 12.2 Å². The zero-order valence-corrected chi connectivity index (χ0v) is 62.7. The molecule has 2 unspecified atom stereocenters. The average Bonchev–Trinajstić information content (AvgIpc) is 3.16. The molecule has 0 aromatic heterocycles. The molecule has 552 valence electrons. The molecule has 0 fully saturated rings. The van der Waals surface area contributed by atoms with E-state index in [1.165, 1.54) is 161 Å². The van der Waals surface area contributed by atoms with Gasteiger partial charge >= 0.3 is 39.5 Å². The predicted octanol–water partition coefficient (Wildman–Crippen LogP) is 21.3. The van der Waals surface area contributed by atoms with Crippen LogP contribution in [-0.4, -0.2) is 96.7 Å². The smallest absolute Gasteiger partial charge is 0.462 e. The zero-order chi connectivity index (χ0) is 68.9. The van der Waals surface area contributed by atoms with Gasteiger partial charge < -0.3 is 33.8 Å². The summed E-state index contributed by atoms with van der Waals surface area (Å²) in [6.07, 6.45) is 47.6. The summed E-state index contributed by atoms with van der Waals surface area (Å²) >= 11 is 0. The van der Waals surface area contributed by atoms with E-state index >= 15 is 0 Å². The Labute approximate surface area is 568 Å². The van der Waals surface area contributed by atoms with Crippen molar-refractivity contribution in [3.8, 4) is 0 Å². The maximum absolute atomic E-state index is 13.0. The number of phosphoric ester groups is 2. The van der Waals surface area contributed by atoms with Crippen molar-refractivity contribution in [3.05, 3.63) is 0 Å². The Morgan fingerprint density at radius 2 is 0.452 bits per heavy atom. The van der Waals surface area contributed by atoms with Crippen molar-refractivity contribution in [1.82, 2.24) is 0 Å². The number of hydrogen-bond acceptors (Lipinski definition) is 15. The maximum atomic E-state index is 13.0. The van der Waals surface area contributed by atoms with Crippen molar-refractivity contribution in [3.63, 3.8) is 0 Å². The Kier molecular flexibility index (Phi) is 62.2. The molecule has 0 saturated heterocycles. The Bertz CT molecular complexity index is 1830. The van der Waals surface area contributed by atoms with Crippen molar-refractivity contribution >= 4 is 39.5 Å². The van der Waals surface area contributed by atoms with E-state index in [2.05, 4.69) is 55.4 Å². The number of phosphoric acid groups is 2. The lowest BCUT2D eigenvalue weighted by Crippen LogP contribution is -2.30. The van der Waals surface area contributed by atoms with Crippen LogP contribution in [0.3, 0.4) is 0 Å². The number of carbonyl (C=O) groups excluding carboxylic acids is 4. The van der Waals surface area contributed by atoms with Crippen LogP contribution in [0.2, 0.25) is 0 Å². The van der Waals surface area contributed by atoms with E-state index in [-0.39, 0.29) is 25.7 Å². The van der Waals surface area contributed by atoms with Gasteiger partial charge in [-0.25, -0.2) is 9.13 Å². The summed E-state index contributed by atoms with van der Waals surface area (Å²) < 4.78 is 68.4. The number of rotatable bonds is 71. The average molecular weight is 1370 g/mol. The molecule has 0 rings (SSSR count). The van der Waals surface area contributed by atoms with E-state index in [4.69, 9.17) is 37.0 Å². The highest BCUT2D eigenvalue weighted by atomic mass is 31.2. The molecule has 19 heteroatoms. The topological polar surface area (TPSA) is 237 Å². The first-order chi connectivity index (χ1) is 44.6. The van der Waals surface area contributed by atoms with Crippen molar-refractivity contribution < 1.29 is 80.2 Å². The summed E-state index contributed by atoms with van der Waals surface area (Å²) in [5.74, 6) is 0.829. The first kappa shape index (κ1) is 91.1. The fourth-order valence-corrected chi connectivity index (χ4v) is 12.8. The summed E-state index contributed by atoms with van der Waals surface area (Å²) in [5.41, 5.74) is 0. The van der Waals surface area contributed by atoms with Gasteiger partial charge in [-0.3, -0.25) is 37.3 Å². The molecular formula is C74H144O17P2. The predicted molar refractivity (Wildman–Crippen MR) is 377 cm³/mol. The number of ether oxygens (including phenoxy) is 4. The number of aliphatic hydroxyl groups is 1. The van der Waals surface area contributed by atoms with E-state index < -0.39 is 97.5 Å². The van der Waals surface area contributed by atoms with E-state index in [1.807, 2.05) is 0 Å². The molecule has 0 bridgehead atoms. The lowest BCUT2D eigenvalue weighted by atomic mass is 10.0. The van der Waals surface area contributed by atoms with Gasteiger partial charge in [0, 0.05) is 25.7 Å². The van der Waals surface area contributed by atoms with Crippen LogP contribution in [0, 0.1) is 23.7 Å². The van der Waals surface area contributed by atoms with Gasteiger partial charge in [-0.15, -0.1) is 0 Å². The summed E-state index contributed by atoms with van der Waals surface area (Å²) in [7, 11) is -9.91. The molecule has 0 amide bonds. The summed E-state index contributed by atoms with van der Waals surface area (Å²) in [4.78, 5) is 72.6. The van der Waals surface area contributed by atoms with Crippen LogP contribution in [0.1, 0.15) is 370 Å². The van der Waals surface area contributed by atoms with Gasteiger partial charge in [0.05, 0.1) is 26.4 Å². The van der Waals surface area contributed by atoms with Gasteiger partial charge in [-0.05, 0) is 49.4 Å². The molecule has 3 N–H and O–H groups in total. The quantitative estimate of drug-likeness (QED) is 0.0222. The molecule has 5 atom stereocenters. The molecule has 0 aliphatic rings. The Hall–Kier alpha value is -1.94. The van der Waals surface area contributed by atoms with E-state index in [9.17, 15) is 43.2 Å². The van der Waals surface area contributed by atoms with E-state index in [0.717, 1.165) is 115 Å². The van der Waals surface area contributed by atoms with Crippen LogP contribution in [-0.2, 0) is 65.4 Å². The highest BCUT2D eigenvalue weighted by Crippen LogP contribution is 2.45. The van der Waals surface area contributed by atoms with Crippen LogP contribution in [0.4, 0.5) is 0 Å². The van der Waals surface area contributed by atoms with Gasteiger partial charge in [0.25, 0.3) is 0 Å². The molecule has 0 aliphatic heterocycles. The molecule has 17 nitrogen and oxygen atoms in total. The number of carbonyl (C=O) groups is 4. The largest absolute Gasteiger partial charge is 0.472 e. The minimum Gasteiger partial charge on any atom is -0.462 e. The Morgan fingerprint density at radius 3 is 0.667 bits per heavy atom. The number of aliphatic hydroxyl groups excluding tert-OH is 1. The standard InChI is InChI=1S/C74H144O17P2/c1-64(2)50-42-34-26-22-18-14-10-9-11-16-20-24-28-40-48-56-73(78)90-69(60-84-71(76)54-46-38-32-30-36-44-52-66(5)6)62-88-92(80,81)86-58-68(75)59-87-93(82,83)89-63-70(61-85-72(77)55-47-39-33-31-37-45-53-67(7)8)91-74(79)57-49-41-29-25-21-17-13-12-15-19-23-27-35-43-51-65(3)4/h64-70,75H,9-63H2,1-8H3,(H,80,81)(H,82,83)/t68-,69-,70-/m1/s1. The van der Waals surface area contributed by atoms with Crippen LogP contribution in [0.25, 0.3) is 0 Å². The second-order valence-electron chi connectivity index (χ2n) is 28.6. The number of unbranched alkanes of at least 4 members (excludes halogenated alkanes) is 37. The minimum absolute atomic E-state index is 0.106. The molecule has 0 aromatic carbocycles. The third-order valence-electron chi connectivity index (χ3n) is 17.1. The van der Waals surface area contributed by atoms with Crippen molar-refractivity contribution in [1.29, 1.82) is 0 Å². The monoisotopic (exact) mass is 1370 g/mol. The lowest BCUT2D eigenvalue weighted by Gasteiger charge is -2.21. The first-order valence-electron chi connectivity index (χ1n) is 38.2. The Morgan fingerprint density at radius 1 is 0.269 bits per heavy atom. The molecule has 0 radical (unpaired) electrons. The van der Waals surface area contributed by atoms with E-state index in [0.29, 0.717) is 37.5 Å². The Balaban J connectivity index is 5.18. The van der Waals surface area contributed by atoms with Crippen molar-refractivity contribution in [2.75, 3.05) is 39.6 Å². The molecule has 93 heavy (non-hydrogen) atoms. The van der Waals surface area contributed by atoms with Crippen molar-refractivity contribution in [2.45, 2.75) is 388 Å². The summed E-state index contributed by atoms with van der Waals surface area (Å²) in [6, 6.07) is 0. The highest BCUT2D eigenvalue weighted by Gasteiger charge is 2.30. The first-order valence-corrected chi connectivity index (χ1v) is 41.2. The van der Waals surface area contributed by atoms with Gasteiger partial charge in [0.2, 0.25) is 0 Å². The van der Waals surface area contributed by atoms with Crippen LogP contribution >= 0.6 is 15.6 Å². The SMILES string of the molecule is CC(C)CCCCCCCCCCCCCCCCCC(=O)O[C@H](COC(=O)CCCCCCCCC(C)C)COP(=O)(O)OC[C@@H](O)COP(=O)(O)OC[C@@H](COC(=O)CCCCCCCCC(C)C)OC(=O)CCCCCCCCCCCCCCCCC(C)C. The molecule has 0 heterocycles. The van der Waals surface area contributed by atoms with Crippen LogP contribution in [0.15, 0.2) is 0 Å². The summed E-state index contributed by atoms with van der Waals surface area (Å²) in [5, 5.41) is 10.6. The number of hydrogen-bond donors (Lipinski definition) is 3. The minimum atomic E-state index is -4.95. The zero-order valence-electron chi connectivity index (χ0n) is 60.9. The van der Waals surface area contributed by atoms with Gasteiger partial charge in [-0.1, -0.05) is 319 Å². The maximum Gasteiger partial charge on any atom is 0.472 e. The fourth-order valence-electron chi connectivity index (χ4n) is 11.2. The molecular weight excluding hydrogens is 1220 g/mol. The molecule has 0 spiro atoms. The normalized spacial score (nSPS) is 14.2. The third-order valence-corrected chi connectivity index (χ3v) is 19.0. The van der Waals surface area contributed by atoms with E-state index in [1.54, 1.807) is 0 Å². The second-order valence-corrected chi connectivity index (χ2v) is 31.5. The second kappa shape index (κ2) is 63.5. The van der Waals surface area contributed by atoms with Crippen molar-refractivity contribution in [2.24, 2.45) is 23.7 Å². The van der Waals surface area contributed by atoms with Gasteiger partial charge in [0.1, 0.15) is 19.3 Å². The van der Waals surface area contributed by atoms with Crippen LogP contribution < -0.4 is 0 Å². The fraction of sp³-hybridized carbons (Fsp3) is 0.946. The highest BCUT2D eigenvalue weighted by molar-refractivity contribution is 7.47. The summed E-state index contributed by atoms with van der Waals surface area (Å²) in [6.45, 7) is 14.1. The molecule has 0 aliphatic carbocycles. The number of esters is 4.